The van der Waals surface area contributed by atoms with Gasteiger partial charge in [0.05, 0.1) is 11.7 Å². The molecule has 0 fully saturated rings. The lowest BCUT2D eigenvalue weighted by Crippen LogP contribution is -2.29. The van der Waals surface area contributed by atoms with Gasteiger partial charge in [0.2, 0.25) is 5.91 Å². The first kappa shape index (κ1) is 14.3. The third-order valence-electron chi connectivity index (χ3n) is 3.12. The van der Waals surface area contributed by atoms with Gasteiger partial charge < -0.3 is 20.7 Å². The summed E-state index contributed by atoms with van der Waals surface area (Å²) in [5, 5.41) is 8.61. The topological polar surface area (TPSA) is 79.5 Å². The van der Waals surface area contributed by atoms with Crippen LogP contribution in [0.4, 0.5) is 5.69 Å². The van der Waals surface area contributed by atoms with E-state index in [0.29, 0.717) is 24.4 Å². The van der Waals surface area contributed by atoms with E-state index in [2.05, 4.69) is 16.0 Å². The number of benzene rings is 1. The van der Waals surface area contributed by atoms with E-state index in [1.54, 1.807) is 6.07 Å². The number of nitrogens with one attached hydrogen (secondary N) is 3. The zero-order valence-corrected chi connectivity index (χ0v) is 11.7. The molecular formula is C14H19N3O3. The van der Waals surface area contributed by atoms with Crippen LogP contribution >= 0.6 is 0 Å². The van der Waals surface area contributed by atoms with Crippen LogP contribution in [0.3, 0.4) is 0 Å². The molecule has 1 heterocycles. The van der Waals surface area contributed by atoms with Crippen LogP contribution in [0.2, 0.25) is 0 Å². The average Bonchev–Trinajstić information content (AvgIpc) is 2.44. The summed E-state index contributed by atoms with van der Waals surface area (Å²) in [6.07, 6.45) is 0.436. The van der Waals surface area contributed by atoms with Crippen LogP contribution in [-0.4, -0.2) is 32.0 Å². The van der Waals surface area contributed by atoms with Gasteiger partial charge in [-0.3, -0.25) is 9.59 Å². The highest BCUT2D eigenvalue weighted by atomic mass is 16.5. The minimum Gasteiger partial charge on any atom is -0.482 e. The Morgan fingerprint density at radius 1 is 1.50 bits per heavy atom. The maximum Gasteiger partial charge on any atom is 0.262 e. The van der Waals surface area contributed by atoms with Crippen molar-refractivity contribution in [3.05, 3.63) is 23.8 Å². The van der Waals surface area contributed by atoms with Crippen LogP contribution in [0.25, 0.3) is 0 Å². The summed E-state index contributed by atoms with van der Waals surface area (Å²) in [4.78, 5) is 23.0. The molecular weight excluding hydrogens is 258 g/mol. The first-order chi connectivity index (χ1) is 9.60. The van der Waals surface area contributed by atoms with Crippen molar-refractivity contribution in [2.75, 3.05) is 25.5 Å². The van der Waals surface area contributed by atoms with Crippen molar-refractivity contribution in [3.8, 4) is 5.75 Å². The Balaban J connectivity index is 2.03. The molecule has 3 N–H and O–H groups in total. The molecule has 2 rings (SSSR count). The first-order valence-electron chi connectivity index (χ1n) is 6.60. The minimum absolute atomic E-state index is 0.00939. The fraction of sp³-hybridized carbons (Fsp3) is 0.429. The Kier molecular flexibility index (Phi) is 4.57. The van der Waals surface area contributed by atoms with E-state index < -0.39 is 0 Å². The largest absolute Gasteiger partial charge is 0.482 e. The molecule has 0 saturated carbocycles. The Labute approximate surface area is 117 Å². The highest BCUT2D eigenvalue weighted by molar-refractivity contribution is 5.95. The molecule has 0 bridgehead atoms. The molecule has 20 heavy (non-hydrogen) atoms. The predicted molar refractivity (Wildman–Crippen MR) is 75.7 cm³/mol. The number of anilines is 1. The van der Waals surface area contributed by atoms with E-state index in [0.717, 1.165) is 5.56 Å². The summed E-state index contributed by atoms with van der Waals surface area (Å²) in [6.45, 7) is 2.60. The molecule has 6 nitrogen and oxygen atoms in total. The van der Waals surface area contributed by atoms with E-state index in [4.69, 9.17) is 4.74 Å². The normalized spacial score (nSPS) is 14.8. The molecule has 6 heteroatoms. The summed E-state index contributed by atoms with van der Waals surface area (Å²) >= 11 is 0. The number of fused-ring (bicyclic) bond motifs is 1. The van der Waals surface area contributed by atoms with E-state index in [1.807, 2.05) is 26.1 Å². The summed E-state index contributed by atoms with van der Waals surface area (Å²) < 4.78 is 5.30. The van der Waals surface area contributed by atoms with Crippen LogP contribution in [0.5, 0.6) is 5.75 Å². The number of ether oxygens (including phenoxy) is 1. The second-order valence-electron chi connectivity index (χ2n) is 4.74. The van der Waals surface area contributed by atoms with Gasteiger partial charge in [-0.15, -0.1) is 0 Å². The number of amides is 2. The maximum atomic E-state index is 11.7. The van der Waals surface area contributed by atoms with Crippen LogP contribution in [0.15, 0.2) is 18.2 Å². The molecule has 0 spiro atoms. The molecule has 0 saturated heterocycles. The number of rotatable bonds is 5. The lowest BCUT2D eigenvalue weighted by molar-refractivity contribution is -0.121. The predicted octanol–water partition coefficient (Wildman–Crippen LogP) is 0.804. The summed E-state index contributed by atoms with van der Waals surface area (Å²) in [6, 6.07) is 5.40. The van der Waals surface area contributed by atoms with Gasteiger partial charge in [-0.1, -0.05) is 6.07 Å². The van der Waals surface area contributed by atoms with Crippen LogP contribution < -0.4 is 20.7 Å². The Morgan fingerprint density at radius 2 is 2.30 bits per heavy atom. The highest BCUT2D eigenvalue weighted by Gasteiger charge is 2.18. The zero-order valence-electron chi connectivity index (χ0n) is 11.7. The molecule has 0 aromatic heterocycles. The van der Waals surface area contributed by atoms with Gasteiger partial charge in [0.1, 0.15) is 5.75 Å². The maximum absolute atomic E-state index is 11.7. The summed E-state index contributed by atoms with van der Waals surface area (Å²) in [5.74, 6) is 0.479. The standard InChI is InChI=1S/C14H19N3O3/c1-9(16-13(18)5-6-15-2)10-3-4-12-11(7-10)17-14(19)8-20-12/h3-4,7,9,15H,5-6,8H2,1-2H3,(H,16,18)(H,17,19). The molecule has 1 aliphatic rings. The van der Waals surface area contributed by atoms with E-state index in [-0.39, 0.29) is 24.5 Å². The minimum atomic E-state index is -0.166. The van der Waals surface area contributed by atoms with Crippen molar-refractivity contribution in [1.29, 1.82) is 0 Å². The quantitative estimate of drug-likeness (QED) is 0.744. The zero-order chi connectivity index (χ0) is 14.5. The fourth-order valence-electron chi connectivity index (χ4n) is 2.01. The number of carbonyl (C=O) groups excluding carboxylic acids is 2. The molecule has 1 aromatic rings. The molecule has 0 aliphatic carbocycles. The van der Waals surface area contributed by atoms with Crippen LogP contribution in [-0.2, 0) is 9.59 Å². The molecule has 1 atom stereocenters. The lowest BCUT2D eigenvalue weighted by Gasteiger charge is -2.21. The average molecular weight is 277 g/mol. The van der Waals surface area contributed by atoms with E-state index in [1.165, 1.54) is 0 Å². The second-order valence-corrected chi connectivity index (χ2v) is 4.74. The van der Waals surface area contributed by atoms with Gasteiger partial charge in [-0.05, 0) is 31.7 Å². The molecule has 1 aliphatic heterocycles. The second kappa shape index (κ2) is 6.38. The van der Waals surface area contributed by atoms with Gasteiger partial charge in [-0.2, -0.15) is 0 Å². The van der Waals surface area contributed by atoms with Crippen molar-refractivity contribution in [3.63, 3.8) is 0 Å². The number of hydrogen-bond acceptors (Lipinski definition) is 4. The fourth-order valence-corrected chi connectivity index (χ4v) is 2.01. The van der Waals surface area contributed by atoms with Gasteiger partial charge >= 0.3 is 0 Å². The van der Waals surface area contributed by atoms with Crippen molar-refractivity contribution in [2.45, 2.75) is 19.4 Å². The highest BCUT2D eigenvalue weighted by Crippen LogP contribution is 2.30. The number of carbonyl (C=O) groups is 2. The third kappa shape index (κ3) is 3.48. The SMILES string of the molecule is CNCCC(=O)NC(C)c1ccc2c(c1)NC(=O)CO2. The Morgan fingerprint density at radius 3 is 3.05 bits per heavy atom. The lowest BCUT2D eigenvalue weighted by atomic mass is 10.1. The molecule has 1 aromatic carbocycles. The van der Waals surface area contributed by atoms with Crippen molar-refractivity contribution in [2.24, 2.45) is 0 Å². The summed E-state index contributed by atoms with van der Waals surface area (Å²) in [7, 11) is 1.81. The van der Waals surface area contributed by atoms with Crippen molar-refractivity contribution >= 4 is 17.5 Å². The smallest absolute Gasteiger partial charge is 0.262 e. The monoisotopic (exact) mass is 277 g/mol. The molecule has 2 amide bonds. The van der Waals surface area contributed by atoms with Gasteiger partial charge in [-0.25, -0.2) is 0 Å². The third-order valence-corrected chi connectivity index (χ3v) is 3.12. The molecule has 0 radical (unpaired) electrons. The van der Waals surface area contributed by atoms with E-state index in [9.17, 15) is 9.59 Å². The van der Waals surface area contributed by atoms with Gasteiger partial charge in [0.25, 0.3) is 5.91 Å². The van der Waals surface area contributed by atoms with Crippen molar-refractivity contribution in [1.82, 2.24) is 10.6 Å². The van der Waals surface area contributed by atoms with Gasteiger partial charge in [0.15, 0.2) is 6.61 Å². The number of hydrogen-bond donors (Lipinski definition) is 3. The van der Waals surface area contributed by atoms with Crippen LogP contribution in [0.1, 0.15) is 24.9 Å². The Hall–Kier alpha value is -2.08. The summed E-state index contributed by atoms with van der Waals surface area (Å²) in [5.41, 5.74) is 1.57. The van der Waals surface area contributed by atoms with Crippen LogP contribution in [0, 0.1) is 0 Å². The van der Waals surface area contributed by atoms with Crippen molar-refractivity contribution < 1.29 is 14.3 Å². The molecule has 1 unspecified atom stereocenters. The van der Waals surface area contributed by atoms with Gasteiger partial charge in [0, 0.05) is 13.0 Å². The van der Waals surface area contributed by atoms with E-state index >= 15 is 0 Å². The Bertz CT molecular complexity index is 516. The first-order valence-corrected chi connectivity index (χ1v) is 6.60. The molecule has 108 valence electrons.